The molecule has 8 heteroatoms. The number of nitrogens with one attached hydrogen (secondary N) is 2. The number of carbonyl (C=O) groups is 1. The van der Waals surface area contributed by atoms with Gasteiger partial charge in [-0.3, -0.25) is 10.00 Å². The van der Waals surface area contributed by atoms with E-state index in [1.165, 1.54) is 5.57 Å². The van der Waals surface area contributed by atoms with Gasteiger partial charge < -0.3 is 19.7 Å². The Bertz CT molecular complexity index is 1490. The standard InChI is InChI=1S/C31H35N5O3/c1-31(2,3)28-20-29(35(4)34-28)33-30(37)32-25-14-15-26(24-13-9-8-12-23(24)25)38-18-16-36-17-19-39-27(21-36)22-10-6-5-7-11-22/h5-6,8-10,12-15,17,19-21H,7,11,16,18H2,1-4H3,(H2,32,33,37). The van der Waals surface area contributed by atoms with Crippen molar-refractivity contribution in [2.45, 2.75) is 39.0 Å². The van der Waals surface area contributed by atoms with Gasteiger partial charge in [0.05, 0.1) is 17.9 Å². The monoisotopic (exact) mass is 525 g/mol. The zero-order valence-electron chi connectivity index (χ0n) is 22.9. The lowest BCUT2D eigenvalue weighted by molar-refractivity contribution is 0.260. The number of allylic oxidation sites excluding steroid dienone is 4. The van der Waals surface area contributed by atoms with Gasteiger partial charge in [-0.2, -0.15) is 5.10 Å². The summed E-state index contributed by atoms with van der Waals surface area (Å²) in [6.07, 6.45) is 14.0. The second kappa shape index (κ2) is 11.1. The summed E-state index contributed by atoms with van der Waals surface area (Å²) in [7, 11) is 1.82. The fourth-order valence-electron chi connectivity index (χ4n) is 4.50. The summed E-state index contributed by atoms with van der Waals surface area (Å²) in [5, 5.41) is 12.3. The quantitative estimate of drug-likeness (QED) is 0.354. The number of hydrogen-bond acceptors (Lipinski definition) is 5. The van der Waals surface area contributed by atoms with Crippen LogP contribution in [0.2, 0.25) is 0 Å². The number of carbonyl (C=O) groups excluding carboxylic acids is 1. The Morgan fingerprint density at radius 2 is 1.95 bits per heavy atom. The number of anilines is 2. The Morgan fingerprint density at radius 1 is 1.13 bits per heavy atom. The summed E-state index contributed by atoms with van der Waals surface area (Å²) in [4.78, 5) is 15.0. The van der Waals surface area contributed by atoms with Crippen molar-refractivity contribution < 1.29 is 14.3 Å². The third-order valence-corrected chi connectivity index (χ3v) is 6.69. The minimum Gasteiger partial charge on any atom is -0.491 e. The van der Waals surface area contributed by atoms with Crippen molar-refractivity contribution in [3.63, 3.8) is 0 Å². The highest BCUT2D eigenvalue weighted by Crippen LogP contribution is 2.32. The number of aromatic nitrogens is 2. The number of urea groups is 1. The Labute approximate surface area is 229 Å². The van der Waals surface area contributed by atoms with Crippen molar-refractivity contribution in [2.24, 2.45) is 7.05 Å². The number of hydrogen-bond donors (Lipinski definition) is 2. The predicted octanol–water partition coefficient (Wildman–Crippen LogP) is 6.81. The molecule has 0 saturated heterocycles. The minimum absolute atomic E-state index is 0.110. The highest BCUT2D eigenvalue weighted by atomic mass is 16.5. The Balaban J connectivity index is 1.24. The SMILES string of the molecule is Cn1nc(C(C)(C)C)cc1NC(=O)Nc1ccc(OCCN2C=COC(C3=CC=CCC3)=C2)c2ccccc12. The third-order valence-electron chi connectivity index (χ3n) is 6.69. The zero-order chi connectivity index (χ0) is 27.4. The lowest BCUT2D eigenvalue weighted by Gasteiger charge is -2.23. The van der Waals surface area contributed by atoms with Crippen molar-refractivity contribution in [3.8, 4) is 5.75 Å². The topological polar surface area (TPSA) is 80.7 Å². The number of fused-ring (bicyclic) bond motifs is 1. The molecule has 3 aromatic rings. The van der Waals surface area contributed by atoms with Gasteiger partial charge in [0, 0.05) is 41.7 Å². The normalized spacial score (nSPS) is 15.0. The average molecular weight is 526 g/mol. The van der Waals surface area contributed by atoms with Crippen molar-refractivity contribution in [3.05, 3.63) is 96.4 Å². The molecule has 1 aromatic heterocycles. The molecular weight excluding hydrogens is 490 g/mol. The maximum absolute atomic E-state index is 12.9. The van der Waals surface area contributed by atoms with E-state index in [0.717, 1.165) is 40.8 Å². The van der Waals surface area contributed by atoms with Gasteiger partial charge in [-0.25, -0.2) is 4.79 Å². The van der Waals surface area contributed by atoms with E-state index < -0.39 is 0 Å². The van der Waals surface area contributed by atoms with Crippen LogP contribution < -0.4 is 15.4 Å². The molecule has 0 unspecified atom stereocenters. The van der Waals surface area contributed by atoms with Gasteiger partial charge in [-0.15, -0.1) is 0 Å². The van der Waals surface area contributed by atoms with Crippen molar-refractivity contribution >= 4 is 28.3 Å². The molecule has 0 spiro atoms. The van der Waals surface area contributed by atoms with Gasteiger partial charge in [-0.05, 0) is 30.5 Å². The smallest absolute Gasteiger partial charge is 0.324 e. The van der Waals surface area contributed by atoms with Crippen LogP contribution in [0.5, 0.6) is 5.75 Å². The van der Waals surface area contributed by atoms with Crippen LogP contribution in [0.25, 0.3) is 10.8 Å². The summed E-state index contributed by atoms with van der Waals surface area (Å²) in [6, 6.07) is 13.2. The summed E-state index contributed by atoms with van der Waals surface area (Å²) in [5.74, 6) is 2.27. The molecule has 2 heterocycles. The highest BCUT2D eigenvalue weighted by Gasteiger charge is 2.20. The van der Waals surface area contributed by atoms with E-state index in [0.29, 0.717) is 24.7 Å². The fourth-order valence-corrected chi connectivity index (χ4v) is 4.50. The lowest BCUT2D eigenvalue weighted by Crippen LogP contribution is -2.22. The molecule has 2 aliphatic rings. The Kier molecular flexibility index (Phi) is 7.45. The van der Waals surface area contributed by atoms with Gasteiger partial charge in [0.25, 0.3) is 0 Å². The first-order chi connectivity index (χ1) is 18.8. The van der Waals surface area contributed by atoms with Crippen LogP contribution in [0.1, 0.15) is 39.3 Å². The van der Waals surface area contributed by atoms with E-state index >= 15 is 0 Å². The molecule has 0 bridgehead atoms. The van der Waals surface area contributed by atoms with Gasteiger partial charge in [0.2, 0.25) is 0 Å². The molecule has 5 rings (SSSR count). The van der Waals surface area contributed by atoms with Gasteiger partial charge in [0.1, 0.15) is 30.2 Å². The van der Waals surface area contributed by atoms with Crippen LogP contribution in [-0.4, -0.2) is 33.9 Å². The molecule has 1 aliphatic heterocycles. The molecule has 39 heavy (non-hydrogen) atoms. The van der Waals surface area contributed by atoms with Crippen molar-refractivity contribution in [1.82, 2.24) is 14.7 Å². The molecule has 2 amide bonds. The number of rotatable bonds is 7. The predicted molar refractivity (Wildman–Crippen MR) is 155 cm³/mol. The fraction of sp³-hybridized carbons (Fsp3) is 0.290. The molecule has 0 radical (unpaired) electrons. The van der Waals surface area contributed by atoms with E-state index in [9.17, 15) is 4.79 Å². The minimum atomic E-state index is -0.331. The number of amides is 2. The van der Waals surface area contributed by atoms with E-state index in [1.54, 1.807) is 10.9 Å². The van der Waals surface area contributed by atoms with Gasteiger partial charge in [0.15, 0.2) is 0 Å². The second-order valence-corrected chi connectivity index (χ2v) is 10.7. The van der Waals surface area contributed by atoms with Crippen LogP contribution in [0, 0.1) is 0 Å². The first-order valence-corrected chi connectivity index (χ1v) is 13.2. The maximum Gasteiger partial charge on any atom is 0.324 e. The lowest BCUT2D eigenvalue weighted by atomic mass is 9.92. The van der Waals surface area contributed by atoms with Crippen LogP contribution in [0.15, 0.2) is 90.7 Å². The Morgan fingerprint density at radius 3 is 2.69 bits per heavy atom. The maximum atomic E-state index is 12.9. The number of ether oxygens (including phenoxy) is 2. The number of aryl methyl sites for hydroxylation is 1. The molecular formula is C31H35N5O3. The van der Waals surface area contributed by atoms with E-state index in [-0.39, 0.29) is 11.4 Å². The number of benzene rings is 2. The molecule has 202 valence electrons. The summed E-state index contributed by atoms with van der Waals surface area (Å²) >= 11 is 0. The van der Waals surface area contributed by atoms with E-state index in [1.807, 2.05) is 61.9 Å². The number of nitrogens with zero attached hydrogens (tertiary/aromatic N) is 3. The van der Waals surface area contributed by atoms with Crippen LogP contribution in [0.3, 0.4) is 0 Å². The highest BCUT2D eigenvalue weighted by molar-refractivity contribution is 6.07. The van der Waals surface area contributed by atoms with Gasteiger partial charge in [-0.1, -0.05) is 63.3 Å². The summed E-state index contributed by atoms with van der Waals surface area (Å²) in [5.41, 5.74) is 2.70. The first kappa shape index (κ1) is 26.2. The molecule has 8 nitrogen and oxygen atoms in total. The summed E-state index contributed by atoms with van der Waals surface area (Å²) in [6.45, 7) is 7.43. The first-order valence-electron chi connectivity index (χ1n) is 13.2. The summed E-state index contributed by atoms with van der Waals surface area (Å²) < 4.78 is 13.6. The van der Waals surface area contributed by atoms with Gasteiger partial charge >= 0.3 is 6.03 Å². The molecule has 2 aromatic carbocycles. The van der Waals surface area contributed by atoms with E-state index in [4.69, 9.17) is 9.47 Å². The molecule has 2 N–H and O–H groups in total. The van der Waals surface area contributed by atoms with Crippen LogP contribution in [0.4, 0.5) is 16.3 Å². The van der Waals surface area contributed by atoms with Crippen LogP contribution >= 0.6 is 0 Å². The van der Waals surface area contributed by atoms with E-state index in [2.05, 4.69) is 59.6 Å². The molecule has 0 fully saturated rings. The van der Waals surface area contributed by atoms with Crippen molar-refractivity contribution in [2.75, 3.05) is 23.8 Å². The second-order valence-electron chi connectivity index (χ2n) is 10.7. The third kappa shape index (κ3) is 6.17. The zero-order valence-corrected chi connectivity index (χ0v) is 22.9. The van der Waals surface area contributed by atoms with Crippen molar-refractivity contribution in [1.29, 1.82) is 0 Å². The molecule has 1 aliphatic carbocycles. The molecule has 0 saturated carbocycles. The van der Waals surface area contributed by atoms with Crippen LogP contribution in [-0.2, 0) is 17.2 Å². The molecule has 0 atom stereocenters. The largest absolute Gasteiger partial charge is 0.491 e. The Hall–Kier alpha value is -4.46. The average Bonchev–Trinajstić information content (AvgIpc) is 3.31.